The van der Waals surface area contributed by atoms with Gasteiger partial charge in [-0.3, -0.25) is 0 Å². The molecule has 0 radical (unpaired) electrons. The Morgan fingerprint density at radius 3 is 1.13 bits per heavy atom. The van der Waals surface area contributed by atoms with Crippen molar-refractivity contribution in [2.24, 2.45) is 0 Å². The summed E-state index contributed by atoms with van der Waals surface area (Å²) in [5, 5.41) is 223. The number of hydrogen-bond donors (Lipinski definition) is 21. The van der Waals surface area contributed by atoms with Gasteiger partial charge in [0.15, 0.2) is 17.3 Å². The number of fused-ring (bicyclic) bond motifs is 1. The van der Waals surface area contributed by atoms with Crippen LogP contribution in [0.5, 0.6) is 46.0 Å². The Morgan fingerprint density at radius 2 is 0.758 bits per heavy atom. The zero-order chi connectivity index (χ0) is 71.4. The largest absolute Gasteiger partial charge is 0.571 e. The lowest BCUT2D eigenvalue weighted by Gasteiger charge is -2.41. The van der Waals surface area contributed by atoms with Gasteiger partial charge in [-0.15, -0.1) is 0 Å². The average Bonchev–Trinajstić information content (AvgIpc) is 0.763. The molecular formula is C63H75O36+. The van der Waals surface area contributed by atoms with Crippen LogP contribution in [0.2, 0.25) is 0 Å². The average molecular weight is 1410 g/mol. The number of hydrogen-bond acceptors (Lipinski definition) is 35. The van der Waals surface area contributed by atoms with Gasteiger partial charge in [0.2, 0.25) is 37.2 Å². The minimum absolute atomic E-state index is 0.108. The van der Waals surface area contributed by atoms with Gasteiger partial charge in [0.1, 0.15) is 164 Å². The monoisotopic (exact) mass is 1410 g/mol. The summed E-state index contributed by atoms with van der Waals surface area (Å²) in [6.07, 6.45) is -41.3. The maximum absolute atomic E-state index is 13.1. The Hall–Kier alpha value is -7.68. The summed E-state index contributed by atoms with van der Waals surface area (Å²) in [5.74, 6) is -6.15. The zero-order valence-electron chi connectivity index (χ0n) is 51.4. The predicted octanol–water partition coefficient (Wildman–Crippen LogP) is -6.80. The van der Waals surface area contributed by atoms with Crippen molar-refractivity contribution in [2.45, 2.75) is 160 Å². The van der Waals surface area contributed by atoms with Crippen LogP contribution in [0.3, 0.4) is 0 Å². The highest BCUT2D eigenvalue weighted by molar-refractivity contribution is 5.87. The molecule has 542 valence electrons. The second-order valence-corrected chi connectivity index (χ2v) is 23.6. The number of ether oxygens (including phenoxy) is 13. The second kappa shape index (κ2) is 31.9. The van der Waals surface area contributed by atoms with Gasteiger partial charge in [-0.25, -0.2) is 9.59 Å². The molecule has 36 heteroatoms. The van der Waals surface area contributed by atoms with E-state index < -0.39 is 239 Å². The molecule has 10 rings (SSSR count). The van der Waals surface area contributed by atoms with Crippen molar-refractivity contribution in [3.05, 3.63) is 113 Å². The lowest BCUT2D eigenvalue weighted by atomic mass is 9.98. The molecule has 0 saturated carbocycles. The normalized spacial score (nSPS) is 36.2. The molecule has 0 bridgehead atoms. The predicted molar refractivity (Wildman–Crippen MR) is 321 cm³/mol. The van der Waals surface area contributed by atoms with Crippen molar-refractivity contribution < 1.29 is 178 Å². The first-order valence-corrected chi connectivity index (χ1v) is 30.6. The molecule has 0 spiro atoms. The number of rotatable bonds is 22. The first kappa shape index (κ1) is 74.0. The summed E-state index contributed by atoms with van der Waals surface area (Å²) in [5.41, 5.74) is 0.388. The number of aliphatic hydroxyl groups excluding tert-OH is 18. The topological polar surface area (TPSA) is 583 Å². The van der Waals surface area contributed by atoms with Crippen LogP contribution in [-0.2, 0) is 47.5 Å². The Kier molecular flexibility index (Phi) is 23.8. The highest BCUT2D eigenvalue weighted by Gasteiger charge is 2.51. The molecule has 5 fully saturated rings. The molecule has 0 amide bonds. The van der Waals surface area contributed by atoms with Gasteiger partial charge in [0.25, 0.3) is 11.9 Å². The standard InChI is InChI=1S/C63H74O36/c64-18-35-43(72)48(77)53(82)59(95-35)89-27-7-1-23(2-8-27)5-11-40(69)87-21-38-46(75)51(80)56(85)61(98-38)92-32-13-25(58-34(17-29-30(68)15-26(67)16-31(29)91-58)94-63-55(84)50(79)45(74)37(20-66)97-63)14-33(42(32)71)93-62-57(86)52(81)47(76)39(99-62)22-88-41(70)12-6-24-3-9-28(10-4-24)90-60-54(83)49(78)44(73)36(19-65)96-60/h1-17,35-39,43-68,71-86H,18-22H2/p+1/b11-5+,12-6+/t35-,36-,37-,38+,39+,43-,44-,45-,46-,47-,48+,49+,50+,51+,52+,53-,54-,55-,56+,57+,58?,59-,60-,61-,62-,63-/m1/s1. The number of aromatic hydroxyl groups is 4. The van der Waals surface area contributed by atoms with Crippen LogP contribution in [0.25, 0.3) is 18.2 Å². The van der Waals surface area contributed by atoms with Gasteiger partial charge in [0.05, 0.1) is 31.5 Å². The van der Waals surface area contributed by atoms with Gasteiger partial charge in [-0.2, -0.15) is 0 Å². The van der Waals surface area contributed by atoms with Crippen LogP contribution < -0.4 is 18.9 Å². The van der Waals surface area contributed by atoms with Crippen LogP contribution in [0.4, 0.5) is 0 Å². The number of benzene rings is 4. The number of carbonyl (C=O) groups excluding carboxylic acids is 2. The van der Waals surface area contributed by atoms with Crippen LogP contribution in [0.1, 0.15) is 28.4 Å². The van der Waals surface area contributed by atoms with E-state index in [0.717, 1.165) is 42.5 Å². The lowest BCUT2D eigenvalue weighted by molar-refractivity contribution is -0.295. The number of phenolic OH excluding ortho intramolecular Hbond substituents is 3. The quantitative estimate of drug-likeness (QED) is 0.0198. The number of carbonyl (C=O) groups is 2. The summed E-state index contributed by atoms with van der Waals surface area (Å²) in [4.78, 5) is 26.1. The van der Waals surface area contributed by atoms with Gasteiger partial charge < -0.3 is 169 Å². The smallest absolute Gasteiger partial charge is 0.330 e. The Labute approximate surface area is 558 Å². The highest BCUT2D eigenvalue weighted by atomic mass is 16.7. The van der Waals surface area contributed by atoms with E-state index in [9.17, 15) is 117 Å². The number of phenols is 3. The molecule has 5 saturated heterocycles. The fraction of sp³-hybridized carbons (Fsp3) is 0.492. The third-order valence-electron chi connectivity index (χ3n) is 16.8. The molecule has 26 atom stereocenters. The van der Waals surface area contributed by atoms with Gasteiger partial charge >= 0.3 is 11.9 Å². The molecular weight excluding hydrogens is 1330 g/mol. The zero-order valence-corrected chi connectivity index (χ0v) is 51.4. The van der Waals surface area contributed by atoms with Crippen LogP contribution in [-0.4, -0.2) is 310 Å². The summed E-state index contributed by atoms with van der Waals surface area (Å²) < 4.78 is 72.4. The Bertz CT molecular complexity index is 3310. The van der Waals surface area contributed by atoms with Crippen molar-refractivity contribution >= 4 is 30.2 Å². The minimum atomic E-state index is -2.21. The van der Waals surface area contributed by atoms with E-state index in [0.29, 0.717) is 11.1 Å². The number of aliphatic hydroxyl groups is 19. The van der Waals surface area contributed by atoms with E-state index in [-0.39, 0.29) is 28.4 Å². The Balaban J connectivity index is 0.875. The molecule has 99 heavy (non-hydrogen) atoms. The van der Waals surface area contributed by atoms with E-state index in [1.165, 1.54) is 60.7 Å². The van der Waals surface area contributed by atoms with Crippen LogP contribution in [0.15, 0.2) is 90.7 Å². The molecule has 0 aliphatic carbocycles. The fourth-order valence-electron chi connectivity index (χ4n) is 11.1. The third-order valence-corrected chi connectivity index (χ3v) is 16.8. The molecule has 4 aromatic rings. The summed E-state index contributed by atoms with van der Waals surface area (Å²) >= 11 is 0. The van der Waals surface area contributed by atoms with E-state index in [4.69, 9.17) is 56.8 Å². The van der Waals surface area contributed by atoms with Gasteiger partial charge in [-0.05, 0) is 59.7 Å². The van der Waals surface area contributed by atoms with Crippen molar-refractivity contribution in [3.8, 4) is 46.0 Å². The van der Waals surface area contributed by atoms with E-state index in [1.807, 2.05) is 0 Å². The van der Waals surface area contributed by atoms with E-state index >= 15 is 0 Å². The van der Waals surface area contributed by atoms with Crippen molar-refractivity contribution in [2.75, 3.05) is 33.0 Å². The molecule has 4 aromatic carbocycles. The maximum Gasteiger partial charge on any atom is 0.330 e. The van der Waals surface area contributed by atoms with Crippen molar-refractivity contribution in [3.63, 3.8) is 0 Å². The highest BCUT2D eigenvalue weighted by Crippen LogP contribution is 2.49. The third kappa shape index (κ3) is 16.6. The summed E-state index contributed by atoms with van der Waals surface area (Å²) in [6.45, 7) is -3.96. The first-order valence-electron chi connectivity index (χ1n) is 30.6. The molecule has 6 aliphatic heterocycles. The molecule has 36 nitrogen and oxygen atoms in total. The molecule has 6 aliphatic rings. The van der Waals surface area contributed by atoms with Gasteiger partial charge in [-0.1, -0.05) is 24.3 Å². The Morgan fingerprint density at radius 1 is 0.414 bits per heavy atom. The van der Waals surface area contributed by atoms with Crippen molar-refractivity contribution in [1.82, 2.24) is 0 Å². The van der Waals surface area contributed by atoms with Crippen LogP contribution >= 0.6 is 0 Å². The molecule has 6 heterocycles. The first-order chi connectivity index (χ1) is 47.2. The molecule has 22 N–H and O–H groups in total. The lowest BCUT2D eigenvalue weighted by Crippen LogP contribution is -2.60. The SMILES string of the molecule is O=C(/C=C/c1ccc(O[C@@H]2O[C@H](CO)[C@@H](O)[C@H](O)[C@H]2O)cc1)OC[C@@H]1O[C@@H](Oc2cc(C3[OH+]c4cc(O)cc(O)c4C=C3O[C@@H]3O[C@H](CO)[C@@H](O)[C@H](O)[C@H]3O)cc(O[C@@H]3O[C@@H](COC(=O)/C=C/c4ccc(O[C@@H]5O[C@H](CO)[C@@H](O)[C@H](O)[C@H]5O)cc4)[C@@H](O)[C@H](O)[C@@H]3O)c2O)[C@@H](O)[C@@H](O)[C@@H]1O. The minimum Gasteiger partial charge on any atom is -0.571 e. The summed E-state index contributed by atoms with van der Waals surface area (Å²) in [6, 6.07) is 15.4. The van der Waals surface area contributed by atoms with Crippen LogP contribution in [0, 0.1) is 0 Å². The summed E-state index contributed by atoms with van der Waals surface area (Å²) in [7, 11) is 0. The molecule has 0 aromatic heterocycles. The van der Waals surface area contributed by atoms with Gasteiger partial charge in [0, 0.05) is 24.3 Å². The van der Waals surface area contributed by atoms with E-state index in [1.54, 1.807) is 0 Å². The van der Waals surface area contributed by atoms with E-state index in [2.05, 4.69) is 4.74 Å². The van der Waals surface area contributed by atoms with Crippen molar-refractivity contribution in [1.29, 1.82) is 0 Å². The number of esters is 2. The second-order valence-electron chi connectivity index (χ2n) is 23.6. The molecule has 1 unspecified atom stereocenters. The fourth-order valence-corrected chi connectivity index (χ4v) is 11.1. The maximum atomic E-state index is 13.1.